The van der Waals surface area contributed by atoms with Crippen molar-refractivity contribution in [1.29, 1.82) is 0 Å². The van der Waals surface area contributed by atoms with Gasteiger partial charge in [-0.05, 0) is 25.2 Å². The molecule has 0 fully saturated rings. The first-order valence-electron chi connectivity index (χ1n) is 5.57. The second-order valence-corrected chi connectivity index (χ2v) is 5.80. The van der Waals surface area contributed by atoms with Gasteiger partial charge in [-0.2, -0.15) is 5.10 Å². The Labute approximate surface area is 111 Å². The molecule has 1 heterocycles. The zero-order valence-corrected chi connectivity index (χ0v) is 11.2. The highest BCUT2D eigenvalue weighted by molar-refractivity contribution is 7.89. The largest absolute Gasteiger partial charge is 0.397 e. The first-order chi connectivity index (χ1) is 9.03. The van der Waals surface area contributed by atoms with E-state index < -0.39 is 10.0 Å². The van der Waals surface area contributed by atoms with Gasteiger partial charge in [-0.3, -0.25) is 5.10 Å². The number of benzene rings is 1. The summed E-state index contributed by atoms with van der Waals surface area (Å²) >= 11 is 0. The lowest BCUT2D eigenvalue weighted by Gasteiger charge is -2.10. The van der Waals surface area contributed by atoms with Crippen molar-refractivity contribution in [1.82, 2.24) is 14.9 Å². The summed E-state index contributed by atoms with van der Waals surface area (Å²) in [6.45, 7) is 0.554. The summed E-state index contributed by atoms with van der Waals surface area (Å²) in [6.07, 6.45) is 3.46. The Balaban J connectivity index is 2.16. The van der Waals surface area contributed by atoms with Crippen molar-refractivity contribution in [3.8, 4) is 0 Å². The molecule has 0 saturated carbocycles. The molecule has 0 saturated heterocycles. The molecule has 1 aromatic carbocycles. The topological polar surface area (TPSA) is 113 Å². The van der Waals surface area contributed by atoms with Gasteiger partial charge in [0.25, 0.3) is 0 Å². The van der Waals surface area contributed by atoms with E-state index in [9.17, 15) is 8.42 Å². The summed E-state index contributed by atoms with van der Waals surface area (Å²) in [6, 6.07) is 4.56. The summed E-state index contributed by atoms with van der Waals surface area (Å²) < 4.78 is 25.5. The molecule has 1 aromatic heterocycles. The zero-order valence-electron chi connectivity index (χ0n) is 10.3. The number of sulfonamides is 1. The average molecular weight is 281 g/mol. The van der Waals surface area contributed by atoms with Crippen LogP contribution in [0.3, 0.4) is 0 Å². The smallest absolute Gasteiger partial charge is 0.240 e. The van der Waals surface area contributed by atoms with Gasteiger partial charge < -0.3 is 11.1 Å². The van der Waals surface area contributed by atoms with Crippen LogP contribution in [0, 0.1) is 0 Å². The monoisotopic (exact) mass is 281 g/mol. The Morgan fingerprint density at radius 1 is 1.42 bits per heavy atom. The summed E-state index contributed by atoms with van der Waals surface area (Å²) in [5, 5.41) is 9.65. The zero-order chi connectivity index (χ0) is 13.9. The molecule has 2 aromatic rings. The van der Waals surface area contributed by atoms with Crippen LogP contribution >= 0.6 is 0 Å². The maximum atomic E-state index is 11.6. The van der Waals surface area contributed by atoms with Gasteiger partial charge in [0.2, 0.25) is 10.0 Å². The van der Waals surface area contributed by atoms with Crippen LogP contribution in [0.1, 0.15) is 5.56 Å². The number of aromatic amines is 1. The summed E-state index contributed by atoms with van der Waals surface area (Å²) in [5.41, 5.74) is 7.86. The van der Waals surface area contributed by atoms with E-state index in [1.165, 1.54) is 19.2 Å². The second-order valence-electron chi connectivity index (χ2n) is 3.92. The van der Waals surface area contributed by atoms with E-state index in [1.54, 1.807) is 18.5 Å². The van der Waals surface area contributed by atoms with Crippen LogP contribution < -0.4 is 15.8 Å². The fourth-order valence-corrected chi connectivity index (χ4v) is 2.32. The molecule has 0 amide bonds. The highest BCUT2D eigenvalue weighted by Gasteiger charge is 2.12. The van der Waals surface area contributed by atoms with Crippen molar-refractivity contribution >= 4 is 21.4 Å². The van der Waals surface area contributed by atoms with Crippen molar-refractivity contribution < 1.29 is 8.42 Å². The molecule has 2 rings (SSSR count). The predicted molar refractivity (Wildman–Crippen MR) is 73.0 cm³/mol. The molecule has 0 aliphatic rings. The van der Waals surface area contributed by atoms with Crippen LogP contribution in [0.4, 0.5) is 11.4 Å². The molecule has 0 unspecified atom stereocenters. The van der Waals surface area contributed by atoms with E-state index in [0.29, 0.717) is 17.9 Å². The molecule has 0 bridgehead atoms. The highest BCUT2D eigenvalue weighted by Crippen LogP contribution is 2.22. The number of nitrogens with two attached hydrogens (primary N) is 1. The third kappa shape index (κ3) is 3.04. The Kier molecular flexibility index (Phi) is 3.72. The molecule has 5 N–H and O–H groups in total. The van der Waals surface area contributed by atoms with E-state index >= 15 is 0 Å². The van der Waals surface area contributed by atoms with Gasteiger partial charge in [0.05, 0.1) is 22.5 Å². The maximum Gasteiger partial charge on any atom is 0.240 e. The van der Waals surface area contributed by atoms with E-state index in [1.807, 2.05) is 0 Å². The van der Waals surface area contributed by atoms with Gasteiger partial charge >= 0.3 is 0 Å². The lowest BCUT2D eigenvalue weighted by atomic mass is 10.2. The van der Waals surface area contributed by atoms with Gasteiger partial charge in [-0.1, -0.05) is 0 Å². The van der Waals surface area contributed by atoms with Gasteiger partial charge in [-0.15, -0.1) is 0 Å². The number of aromatic nitrogens is 2. The minimum Gasteiger partial charge on any atom is -0.397 e. The Hall–Kier alpha value is -2.06. The van der Waals surface area contributed by atoms with E-state index in [4.69, 9.17) is 5.73 Å². The first-order valence-corrected chi connectivity index (χ1v) is 7.06. The average Bonchev–Trinajstić information content (AvgIpc) is 2.90. The van der Waals surface area contributed by atoms with Gasteiger partial charge in [0.15, 0.2) is 0 Å². The molecular weight excluding hydrogens is 266 g/mol. The molecule has 19 heavy (non-hydrogen) atoms. The number of hydrogen-bond acceptors (Lipinski definition) is 5. The van der Waals surface area contributed by atoms with E-state index in [2.05, 4.69) is 20.2 Å². The number of anilines is 2. The summed E-state index contributed by atoms with van der Waals surface area (Å²) in [4.78, 5) is 0.140. The number of nitrogens with zero attached hydrogens (tertiary/aromatic N) is 1. The number of H-pyrrole nitrogens is 1. The fraction of sp³-hybridized carbons (Fsp3) is 0.182. The normalized spacial score (nSPS) is 11.4. The van der Waals surface area contributed by atoms with Crippen molar-refractivity contribution in [2.24, 2.45) is 0 Å². The third-order valence-electron chi connectivity index (χ3n) is 2.64. The van der Waals surface area contributed by atoms with Crippen LogP contribution in [0.15, 0.2) is 35.5 Å². The molecule has 0 spiro atoms. The van der Waals surface area contributed by atoms with Crippen molar-refractivity contribution in [2.45, 2.75) is 11.4 Å². The maximum absolute atomic E-state index is 11.6. The molecule has 7 nitrogen and oxygen atoms in total. The van der Waals surface area contributed by atoms with Crippen molar-refractivity contribution in [3.63, 3.8) is 0 Å². The van der Waals surface area contributed by atoms with Crippen LogP contribution in [0.25, 0.3) is 0 Å². The van der Waals surface area contributed by atoms with Crippen LogP contribution in [0.5, 0.6) is 0 Å². The van der Waals surface area contributed by atoms with Gasteiger partial charge in [-0.25, -0.2) is 13.1 Å². The van der Waals surface area contributed by atoms with Crippen molar-refractivity contribution in [2.75, 3.05) is 18.1 Å². The van der Waals surface area contributed by atoms with Gasteiger partial charge in [0, 0.05) is 18.3 Å². The van der Waals surface area contributed by atoms with Crippen LogP contribution in [-0.4, -0.2) is 25.7 Å². The van der Waals surface area contributed by atoms with Crippen LogP contribution in [0.2, 0.25) is 0 Å². The molecule has 0 atom stereocenters. The molecule has 0 radical (unpaired) electrons. The number of rotatable bonds is 5. The molecule has 0 aliphatic heterocycles. The lowest BCUT2D eigenvalue weighted by Crippen LogP contribution is -2.18. The highest BCUT2D eigenvalue weighted by atomic mass is 32.2. The second kappa shape index (κ2) is 5.29. The Bertz CT molecular complexity index is 652. The quantitative estimate of drug-likeness (QED) is 0.596. The first kappa shape index (κ1) is 13.4. The number of hydrogen-bond donors (Lipinski definition) is 4. The minimum absolute atomic E-state index is 0.140. The minimum atomic E-state index is -3.47. The van der Waals surface area contributed by atoms with Crippen molar-refractivity contribution in [3.05, 3.63) is 36.2 Å². The van der Waals surface area contributed by atoms with E-state index in [0.717, 1.165) is 5.56 Å². The number of nitrogens with one attached hydrogen (secondary N) is 3. The van der Waals surface area contributed by atoms with E-state index in [-0.39, 0.29) is 4.90 Å². The molecular formula is C11H15N5O2S. The SMILES string of the molecule is CNS(=O)(=O)c1ccc(NCc2cn[nH]c2)c(N)c1. The summed E-state index contributed by atoms with van der Waals surface area (Å²) in [5.74, 6) is 0. The Morgan fingerprint density at radius 3 is 2.79 bits per heavy atom. The molecule has 0 aliphatic carbocycles. The number of nitrogen functional groups attached to an aromatic ring is 1. The lowest BCUT2D eigenvalue weighted by molar-refractivity contribution is 0.588. The molecule has 102 valence electrons. The molecule has 8 heteroatoms. The van der Waals surface area contributed by atoms with Gasteiger partial charge in [0.1, 0.15) is 0 Å². The fourth-order valence-electron chi connectivity index (χ4n) is 1.56. The standard InChI is InChI=1S/C11H15N5O2S/c1-13-19(17,18)9-2-3-11(10(12)4-9)14-5-8-6-15-16-7-8/h2-4,6-7,13-14H,5,12H2,1H3,(H,15,16). The summed E-state index contributed by atoms with van der Waals surface area (Å²) in [7, 11) is -2.11. The third-order valence-corrected chi connectivity index (χ3v) is 4.05. The van der Waals surface area contributed by atoms with Crippen LogP contribution in [-0.2, 0) is 16.6 Å². The predicted octanol–water partition coefficient (Wildman–Crippen LogP) is 0.512. The Morgan fingerprint density at radius 2 is 2.21 bits per heavy atom.